The van der Waals surface area contributed by atoms with Crippen LogP contribution in [0.1, 0.15) is 31.5 Å². The topological polar surface area (TPSA) is 85.4 Å². The summed E-state index contributed by atoms with van der Waals surface area (Å²) in [5.74, 6) is 1.64. The van der Waals surface area contributed by atoms with Gasteiger partial charge in [0, 0.05) is 44.0 Å². The fourth-order valence-corrected chi connectivity index (χ4v) is 5.22. The Bertz CT molecular complexity index is 1280. The molecule has 33 heavy (non-hydrogen) atoms. The SMILES string of the molecule is Cc1nc2ccc(-c3ccn4nc(N[C@H]5CC[C@@H](N6CCOCC6)CC5)ncc34)nc2n1C. The minimum atomic E-state index is 0.423. The number of hydrogen-bond acceptors (Lipinski definition) is 7. The number of ether oxygens (including phenoxy) is 1. The minimum absolute atomic E-state index is 0.423. The molecule has 1 saturated heterocycles. The Morgan fingerprint density at radius 1 is 1.03 bits per heavy atom. The standard InChI is InChI=1S/C24H30N8O/c1-16-26-21-8-7-20(28-23(21)30(16)2)19-9-10-32-22(19)15-25-24(29-32)27-17-3-5-18(6-4-17)31-11-13-33-14-12-31/h7-10,15,17-18H,3-6,11-14H2,1-2H3,(H,27,29)/t17-,18+. The van der Waals surface area contributed by atoms with Crippen LogP contribution in [0.5, 0.6) is 0 Å². The van der Waals surface area contributed by atoms with Gasteiger partial charge in [-0.3, -0.25) is 4.90 Å². The van der Waals surface area contributed by atoms with Gasteiger partial charge in [-0.05, 0) is 50.8 Å². The Balaban J connectivity index is 1.17. The van der Waals surface area contributed by atoms with Gasteiger partial charge in [-0.15, -0.1) is 5.10 Å². The maximum atomic E-state index is 5.50. The number of anilines is 1. The van der Waals surface area contributed by atoms with Gasteiger partial charge in [0.25, 0.3) is 0 Å². The highest BCUT2D eigenvalue weighted by molar-refractivity contribution is 5.82. The molecule has 9 heteroatoms. The van der Waals surface area contributed by atoms with Crippen molar-refractivity contribution >= 4 is 22.6 Å². The normalized spacial score (nSPS) is 22.2. The first kappa shape index (κ1) is 20.6. The number of aromatic nitrogens is 6. The average Bonchev–Trinajstić information content (AvgIpc) is 3.40. The molecule has 4 aromatic rings. The molecule has 0 bridgehead atoms. The summed E-state index contributed by atoms with van der Waals surface area (Å²) in [5.41, 5.74) is 4.67. The van der Waals surface area contributed by atoms with E-state index in [2.05, 4.69) is 26.3 Å². The number of nitrogens with zero attached hydrogens (tertiary/aromatic N) is 7. The van der Waals surface area contributed by atoms with E-state index in [1.807, 2.05) is 47.6 Å². The molecule has 1 N–H and O–H groups in total. The van der Waals surface area contributed by atoms with Crippen molar-refractivity contribution in [3.8, 4) is 11.3 Å². The highest BCUT2D eigenvalue weighted by Gasteiger charge is 2.27. The molecule has 2 fully saturated rings. The average molecular weight is 447 g/mol. The summed E-state index contributed by atoms with van der Waals surface area (Å²) in [7, 11) is 1.99. The van der Waals surface area contributed by atoms with Gasteiger partial charge >= 0.3 is 0 Å². The molecule has 2 aliphatic rings. The van der Waals surface area contributed by atoms with Crippen LogP contribution in [0.15, 0.2) is 30.6 Å². The Morgan fingerprint density at radius 3 is 2.67 bits per heavy atom. The van der Waals surface area contributed by atoms with Crippen LogP contribution >= 0.6 is 0 Å². The molecule has 0 radical (unpaired) electrons. The summed E-state index contributed by atoms with van der Waals surface area (Å²) in [4.78, 5) is 16.6. The first-order valence-electron chi connectivity index (χ1n) is 11.9. The molecule has 6 rings (SSSR count). The predicted molar refractivity (Wildman–Crippen MR) is 127 cm³/mol. The van der Waals surface area contributed by atoms with Crippen LogP contribution in [0.2, 0.25) is 0 Å². The van der Waals surface area contributed by atoms with Crippen molar-refractivity contribution < 1.29 is 4.74 Å². The number of aryl methyl sites for hydroxylation is 2. The van der Waals surface area contributed by atoms with Crippen molar-refractivity contribution in [3.05, 3.63) is 36.4 Å². The summed E-state index contributed by atoms with van der Waals surface area (Å²) in [6, 6.07) is 7.21. The lowest BCUT2D eigenvalue weighted by Crippen LogP contribution is -2.46. The second-order valence-corrected chi connectivity index (χ2v) is 9.20. The van der Waals surface area contributed by atoms with Crippen molar-refractivity contribution in [2.45, 2.75) is 44.7 Å². The van der Waals surface area contributed by atoms with Gasteiger partial charge in [-0.1, -0.05) is 0 Å². The summed E-state index contributed by atoms with van der Waals surface area (Å²) in [5, 5.41) is 8.30. The van der Waals surface area contributed by atoms with Gasteiger partial charge in [0.2, 0.25) is 5.95 Å². The van der Waals surface area contributed by atoms with Crippen LogP contribution in [0.4, 0.5) is 5.95 Å². The number of nitrogens with one attached hydrogen (secondary N) is 1. The molecule has 1 saturated carbocycles. The summed E-state index contributed by atoms with van der Waals surface area (Å²) in [6.45, 7) is 5.87. The molecular formula is C24H30N8O. The number of pyridine rings is 1. The maximum absolute atomic E-state index is 5.50. The Morgan fingerprint density at radius 2 is 1.85 bits per heavy atom. The Labute approximate surface area is 192 Å². The summed E-state index contributed by atoms with van der Waals surface area (Å²) in [6.07, 6.45) is 8.60. The summed E-state index contributed by atoms with van der Waals surface area (Å²) >= 11 is 0. The van der Waals surface area contributed by atoms with E-state index < -0.39 is 0 Å². The highest BCUT2D eigenvalue weighted by atomic mass is 16.5. The van der Waals surface area contributed by atoms with E-state index in [0.717, 1.165) is 72.9 Å². The van der Waals surface area contributed by atoms with Crippen LogP contribution in [0.3, 0.4) is 0 Å². The number of imidazole rings is 1. The molecule has 4 aromatic heterocycles. The van der Waals surface area contributed by atoms with E-state index in [4.69, 9.17) is 14.8 Å². The third kappa shape index (κ3) is 3.85. The van der Waals surface area contributed by atoms with Crippen molar-refractivity contribution in [2.24, 2.45) is 7.05 Å². The van der Waals surface area contributed by atoms with Crippen LogP contribution < -0.4 is 5.32 Å². The molecule has 0 aromatic carbocycles. The third-order valence-corrected chi connectivity index (χ3v) is 7.22. The highest BCUT2D eigenvalue weighted by Crippen LogP contribution is 2.28. The van der Waals surface area contributed by atoms with Gasteiger partial charge in [0.05, 0.1) is 30.6 Å². The first-order valence-corrected chi connectivity index (χ1v) is 11.9. The second kappa shape index (κ2) is 8.39. The van der Waals surface area contributed by atoms with Crippen LogP contribution in [0, 0.1) is 6.92 Å². The van der Waals surface area contributed by atoms with Crippen LogP contribution in [0.25, 0.3) is 27.9 Å². The van der Waals surface area contributed by atoms with Crippen LogP contribution in [-0.2, 0) is 11.8 Å². The predicted octanol–water partition coefficient (Wildman–Crippen LogP) is 3.04. The fourth-order valence-electron chi connectivity index (χ4n) is 5.22. The number of fused-ring (bicyclic) bond motifs is 2. The molecule has 172 valence electrons. The van der Waals surface area contributed by atoms with Gasteiger partial charge < -0.3 is 14.6 Å². The van der Waals surface area contributed by atoms with Gasteiger partial charge in [-0.25, -0.2) is 19.5 Å². The maximum Gasteiger partial charge on any atom is 0.241 e. The molecule has 9 nitrogen and oxygen atoms in total. The van der Waals surface area contributed by atoms with Gasteiger partial charge in [0.1, 0.15) is 11.3 Å². The number of morpholine rings is 1. The summed E-state index contributed by atoms with van der Waals surface area (Å²) < 4.78 is 9.41. The van der Waals surface area contributed by atoms with E-state index in [1.54, 1.807) is 0 Å². The zero-order valence-electron chi connectivity index (χ0n) is 19.2. The smallest absolute Gasteiger partial charge is 0.241 e. The van der Waals surface area contributed by atoms with Crippen molar-refractivity contribution in [3.63, 3.8) is 0 Å². The van der Waals surface area contributed by atoms with E-state index in [0.29, 0.717) is 18.0 Å². The zero-order valence-corrected chi connectivity index (χ0v) is 19.2. The monoisotopic (exact) mass is 446 g/mol. The molecule has 0 amide bonds. The first-order chi connectivity index (χ1) is 16.2. The molecule has 0 spiro atoms. The third-order valence-electron chi connectivity index (χ3n) is 7.22. The largest absolute Gasteiger partial charge is 0.379 e. The van der Waals surface area contributed by atoms with E-state index >= 15 is 0 Å². The quantitative estimate of drug-likeness (QED) is 0.516. The van der Waals surface area contributed by atoms with Gasteiger partial charge in [0.15, 0.2) is 5.65 Å². The molecule has 1 aliphatic heterocycles. The zero-order chi connectivity index (χ0) is 22.4. The molecule has 0 atom stereocenters. The molecule has 5 heterocycles. The lowest BCUT2D eigenvalue weighted by molar-refractivity contribution is 0.00790. The molecule has 0 unspecified atom stereocenters. The van der Waals surface area contributed by atoms with Gasteiger partial charge in [-0.2, -0.15) is 0 Å². The van der Waals surface area contributed by atoms with Crippen molar-refractivity contribution in [1.29, 1.82) is 0 Å². The number of rotatable bonds is 4. The second-order valence-electron chi connectivity index (χ2n) is 9.20. The van der Waals surface area contributed by atoms with E-state index in [9.17, 15) is 0 Å². The lowest BCUT2D eigenvalue weighted by atomic mass is 9.90. The minimum Gasteiger partial charge on any atom is -0.379 e. The Kier molecular flexibility index (Phi) is 5.22. The number of hydrogen-bond donors (Lipinski definition) is 1. The van der Waals surface area contributed by atoms with Crippen molar-refractivity contribution in [2.75, 3.05) is 31.6 Å². The fraction of sp³-hybridized carbons (Fsp3) is 0.500. The van der Waals surface area contributed by atoms with Crippen LogP contribution in [-0.4, -0.2) is 72.4 Å². The lowest BCUT2D eigenvalue weighted by Gasteiger charge is -2.38. The molecular weight excluding hydrogens is 416 g/mol. The Hall–Kier alpha value is -3.04. The molecule has 1 aliphatic carbocycles. The van der Waals surface area contributed by atoms with Crippen molar-refractivity contribution in [1.82, 2.24) is 34.0 Å². The van der Waals surface area contributed by atoms with E-state index in [-0.39, 0.29) is 0 Å². The van der Waals surface area contributed by atoms with E-state index in [1.165, 1.54) is 12.8 Å².